The number of fused-ring (bicyclic) bond motifs is 1. The minimum absolute atomic E-state index is 0.00929. The van der Waals surface area contributed by atoms with E-state index in [1.807, 2.05) is 13.0 Å². The van der Waals surface area contributed by atoms with Gasteiger partial charge in [0.15, 0.2) is 9.84 Å². The summed E-state index contributed by atoms with van der Waals surface area (Å²) < 4.78 is 24.7. The van der Waals surface area contributed by atoms with Gasteiger partial charge in [-0.15, -0.1) is 0 Å². The number of amides is 1. The molecular weight excluding hydrogens is 318 g/mol. The van der Waals surface area contributed by atoms with Gasteiger partial charge in [0.05, 0.1) is 22.5 Å². The van der Waals surface area contributed by atoms with E-state index in [9.17, 15) is 18.0 Å². The number of likely N-dealkylation sites (N-methyl/N-ethyl adjacent to an activating group) is 1. The maximum atomic E-state index is 12.6. The Labute approximate surface area is 133 Å². The fourth-order valence-electron chi connectivity index (χ4n) is 3.15. The fourth-order valence-corrected chi connectivity index (χ4v) is 4.88. The molecule has 1 unspecified atom stereocenters. The van der Waals surface area contributed by atoms with Gasteiger partial charge in [-0.05, 0) is 25.5 Å². The van der Waals surface area contributed by atoms with Gasteiger partial charge in [0.1, 0.15) is 6.54 Å². The second-order valence-electron chi connectivity index (χ2n) is 5.77. The van der Waals surface area contributed by atoms with Gasteiger partial charge in [-0.25, -0.2) is 13.2 Å². The van der Waals surface area contributed by atoms with Crippen LogP contribution in [0.5, 0.6) is 0 Å². The number of H-pyrrole nitrogens is 1. The predicted octanol–water partition coefficient (Wildman–Crippen LogP) is 0.365. The highest BCUT2D eigenvalue weighted by Crippen LogP contribution is 2.18. The molecule has 1 N–H and O–H groups in total. The third-order valence-electron chi connectivity index (χ3n) is 4.29. The molecule has 0 bridgehead atoms. The number of aromatic amines is 1. The molecule has 1 aromatic carbocycles. The van der Waals surface area contributed by atoms with Crippen LogP contribution in [-0.2, 0) is 21.2 Å². The first-order valence-corrected chi connectivity index (χ1v) is 9.41. The molecule has 1 fully saturated rings. The molecule has 3 rings (SSSR count). The molecule has 1 aliphatic heterocycles. The van der Waals surface area contributed by atoms with Crippen molar-refractivity contribution in [2.24, 2.45) is 0 Å². The zero-order chi connectivity index (χ0) is 16.6. The first-order valence-electron chi connectivity index (χ1n) is 7.58. The van der Waals surface area contributed by atoms with Crippen LogP contribution in [-0.4, -0.2) is 52.9 Å². The molecular formula is C15H19N3O4S. The molecule has 2 aromatic rings. The molecule has 1 aromatic heterocycles. The van der Waals surface area contributed by atoms with E-state index in [2.05, 4.69) is 4.98 Å². The number of carbonyl (C=O) groups is 1. The van der Waals surface area contributed by atoms with Crippen molar-refractivity contribution < 1.29 is 13.2 Å². The molecule has 1 amide bonds. The summed E-state index contributed by atoms with van der Waals surface area (Å²) in [6, 6.07) is 6.87. The second-order valence-corrected chi connectivity index (χ2v) is 8.00. The molecule has 124 valence electrons. The van der Waals surface area contributed by atoms with Crippen LogP contribution in [0, 0.1) is 0 Å². The number of nitrogens with one attached hydrogen (secondary N) is 1. The highest BCUT2D eigenvalue weighted by molar-refractivity contribution is 7.91. The molecule has 8 heteroatoms. The Bertz CT molecular complexity index is 897. The molecule has 0 radical (unpaired) electrons. The Morgan fingerprint density at radius 3 is 2.78 bits per heavy atom. The summed E-state index contributed by atoms with van der Waals surface area (Å²) in [6.07, 6.45) is 0.463. The first-order chi connectivity index (χ1) is 10.9. The van der Waals surface area contributed by atoms with Gasteiger partial charge in [0.25, 0.3) is 0 Å². The van der Waals surface area contributed by atoms with E-state index in [4.69, 9.17) is 0 Å². The van der Waals surface area contributed by atoms with Crippen molar-refractivity contribution in [2.45, 2.75) is 25.9 Å². The molecule has 7 nitrogen and oxygen atoms in total. The number of rotatable bonds is 4. The van der Waals surface area contributed by atoms with Crippen LogP contribution in [0.25, 0.3) is 11.0 Å². The van der Waals surface area contributed by atoms with Crippen molar-refractivity contribution in [2.75, 3.05) is 18.1 Å². The third-order valence-corrected chi connectivity index (χ3v) is 6.04. The van der Waals surface area contributed by atoms with Crippen molar-refractivity contribution in [1.29, 1.82) is 0 Å². The Hall–Kier alpha value is -2.09. The summed E-state index contributed by atoms with van der Waals surface area (Å²) in [5.41, 5.74) is 1.01. The molecule has 0 saturated carbocycles. The largest absolute Gasteiger partial charge is 0.337 e. The van der Waals surface area contributed by atoms with Gasteiger partial charge < -0.3 is 9.88 Å². The van der Waals surface area contributed by atoms with E-state index in [0.29, 0.717) is 24.0 Å². The topological polar surface area (TPSA) is 92.2 Å². The molecule has 1 aliphatic rings. The standard InChI is InChI=1S/C15H19N3O4S/c1-2-17(11-7-8-23(21,22)10-11)14(19)9-18-13-6-4-3-5-12(13)16-15(18)20/h3-6,11H,2,7-10H2,1H3,(H,16,20). The van der Waals surface area contributed by atoms with Crippen LogP contribution in [0.2, 0.25) is 0 Å². The molecule has 0 spiro atoms. The number of sulfone groups is 1. The van der Waals surface area contributed by atoms with Gasteiger partial charge in [-0.2, -0.15) is 0 Å². The average Bonchev–Trinajstić information content (AvgIpc) is 3.00. The van der Waals surface area contributed by atoms with E-state index >= 15 is 0 Å². The van der Waals surface area contributed by atoms with Crippen molar-refractivity contribution in [3.8, 4) is 0 Å². The number of imidazole rings is 1. The van der Waals surface area contributed by atoms with Crippen LogP contribution < -0.4 is 5.69 Å². The van der Waals surface area contributed by atoms with Gasteiger partial charge >= 0.3 is 5.69 Å². The van der Waals surface area contributed by atoms with E-state index in [0.717, 1.165) is 0 Å². The quantitative estimate of drug-likeness (QED) is 0.872. The summed E-state index contributed by atoms with van der Waals surface area (Å²) >= 11 is 0. The number of hydrogen-bond donors (Lipinski definition) is 1. The summed E-state index contributed by atoms with van der Waals surface area (Å²) in [7, 11) is -3.06. The lowest BCUT2D eigenvalue weighted by molar-refractivity contribution is -0.133. The van der Waals surface area contributed by atoms with Gasteiger partial charge in [0, 0.05) is 12.6 Å². The average molecular weight is 337 g/mol. The minimum Gasteiger partial charge on any atom is -0.337 e. The second kappa shape index (κ2) is 5.84. The lowest BCUT2D eigenvalue weighted by Crippen LogP contribution is -2.43. The maximum Gasteiger partial charge on any atom is 0.326 e. The van der Waals surface area contributed by atoms with Gasteiger partial charge in [0.2, 0.25) is 5.91 Å². The van der Waals surface area contributed by atoms with Crippen molar-refractivity contribution in [3.05, 3.63) is 34.7 Å². The van der Waals surface area contributed by atoms with Crippen LogP contribution in [0.4, 0.5) is 0 Å². The highest BCUT2D eigenvalue weighted by atomic mass is 32.2. The smallest absolute Gasteiger partial charge is 0.326 e. The zero-order valence-corrected chi connectivity index (χ0v) is 13.7. The van der Waals surface area contributed by atoms with E-state index in [1.54, 1.807) is 23.1 Å². The lowest BCUT2D eigenvalue weighted by atomic mass is 10.2. The highest BCUT2D eigenvalue weighted by Gasteiger charge is 2.34. The number of benzene rings is 1. The summed E-state index contributed by atoms with van der Waals surface area (Å²) in [5, 5.41) is 0. The molecule has 2 heterocycles. The van der Waals surface area contributed by atoms with E-state index in [-0.39, 0.29) is 35.7 Å². The monoisotopic (exact) mass is 337 g/mol. The van der Waals surface area contributed by atoms with Crippen molar-refractivity contribution in [3.63, 3.8) is 0 Å². The fraction of sp³-hybridized carbons (Fsp3) is 0.467. The van der Waals surface area contributed by atoms with Crippen LogP contribution >= 0.6 is 0 Å². The summed E-state index contributed by atoms with van der Waals surface area (Å²) in [6.45, 7) is 2.16. The SMILES string of the molecule is CCN(C(=O)Cn1c(=O)[nH]c2ccccc21)C1CCS(=O)(=O)C1. The number of aromatic nitrogens is 2. The van der Waals surface area contributed by atoms with Crippen molar-refractivity contribution in [1.82, 2.24) is 14.5 Å². The Morgan fingerprint density at radius 2 is 2.13 bits per heavy atom. The van der Waals surface area contributed by atoms with Gasteiger partial charge in [-0.1, -0.05) is 12.1 Å². The zero-order valence-electron chi connectivity index (χ0n) is 12.9. The van der Waals surface area contributed by atoms with Crippen molar-refractivity contribution >= 4 is 26.8 Å². The Kier molecular flexibility index (Phi) is 4.01. The number of para-hydroxylation sites is 2. The minimum atomic E-state index is -3.06. The Balaban J connectivity index is 1.85. The third kappa shape index (κ3) is 3.03. The van der Waals surface area contributed by atoms with Crippen LogP contribution in [0.3, 0.4) is 0 Å². The number of carbonyl (C=O) groups excluding carboxylic acids is 1. The number of nitrogens with zero attached hydrogens (tertiary/aromatic N) is 2. The first kappa shape index (κ1) is 15.8. The van der Waals surface area contributed by atoms with Crippen LogP contribution in [0.1, 0.15) is 13.3 Å². The Morgan fingerprint density at radius 1 is 1.39 bits per heavy atom. The predicted molar refractivity (Wildman–Crippen MR) is 87.0 cm³/mol. The molecule has 1 saturated heterocycles. The van der Waals surface area contributed by atoms with E-state index in [1.165, 1.54) is 4.57 Å². The lowest BCUT2D eigenvalue weighted by Gasteiger charge is -2.27. The molecule has 23 heavy (non-hydrogen) atoms. The summed E-state index contributed by atoms with van der Waals surface area (Å²) in [5.74, 6) is -0.106. The van der Waals surface area contributed by atoms with Crippen LogP contribution in [0.15, 0.2) is 29.1 Å². The van der Waals surface area contributed by atoms with E-state index < -0.39 is 9.84 Å². The molecule has 1 atom stereocenters. The normalized spacial score (nSPS) is 20.0. The maximum absolute atomic E-state index is 12.6. The molecule has 0 aliphatic carbocycles. The summed E-state index contributed by atoms with van der Waals surface area (Å²) in [4.78, 5) is 28.9. The number of hydrogen-bond acceptors (Lipinski definition) is 4. The van der Waals surface area contributed by atoms with Gasteiger partial charge in [-0.3, -0.25) is 9.36 Å².